The van der Waals surface area contributed by atoms with E-state index in [2.05, 4.69) is 36.9 Å². The zero-order valence-corrected chi connectivity index (χ0v) is 12.6. The summed E-state index contributed by atoms with van der Waals surface area (Å²) in [6.45, 7) is 7.77. The zero-order valence-electron chi connectivity index (χ0n) is 12.6. The van der Waals surface area contributed by atoms with Crippen LogP contribution in [-0.4, -0.2) is 35.3 Å². The van der Waals surface area contributed by atoms with Gasteiger partial charge in [-0.25, -0.2) is 0 Å². The topological polar surface area (TPSA) is 32.7 Å². The lowest BCUT2D eigenvalue weighted by molar-refractivity contribution is 0.116. The van der Waals surface area contributed by atoms with Crippen LogP contribution >= 0.6 is 0 Å². The molecule has 0 bridgehead atoms. The van der Waals surface area contributed by atoms with Crippen LogP contribution in [0.4, 0.5) is 0 Å². The van der Waals surface area contributed by atoms with Gasteiger partial charge in [-0.05, 0) is 56.3 Å². The number of hydrogen-bond acceptors (Lipinski definition) is 3. The first kappa shape index (κ1) is 13.9. The number of aliphatic hydroxyl groups is 1. The number of ether oxygens (including phenoxy) is 1. The van der Waals surface area contributed by atoms with Gasteiger partial charge in [0.25, 0.3) is 0 Å². The van der Waals surface area contributed by atoms with Gasteiger partial charge in [-0.15, -0.1) is 0 Å². The number of hydrogen-bond donors (Lipinski definition) is 1. The summed E-state index contributed by atoms with van der Waals surface area (Å²) >= 11 is 0. The summed E-state index contributed by atoms with van der Waals surface area (Å²) in [5, 5.41) is 9.32. The summed E-state index contributed by atoms with van der Waals surface area (Å²) in [4.78, 5) is 2.47. The molecule has 0 spiro atoms. The number of piperidine rings is 1. The highest BCUT2D eigenvalue weighted by Crippen LogP contribution is 2.35. The molecule has 1 aromatic carbocycles. The van der Waals surface area contributed by atoms with Crippen molar-refractivity contribution in [2.75, 3.05) is 19.7 Å². The Bertz CT molecular complexity index is 484. The van der Waals surface area contributed by atoms with Crippen LogP contribution < -0.4 is 4.74 Å². The van der Waals surface area contributed by atoms with Gasteiger partial charge in [-0.1, -0.05) is 12.1 Å². The lowest BCUT2D eigenvalue weighted by Crippen LogP contribution is -2.36. The number of fused-ring (bicyclic) bond motifs is 1. The third-order valence-electron chi connectivity index (χ3n) is 4.39. The minimum absolute atomic E-state index is 0.0614. The molecule has 1 unspecified atom stereocenters. The van der Waals surface area contributed by atoms with Crippen molar-refractivity contribution in [3.63, 3.8) is 0 Å². The highest BCUT2D eigenvalue weighted by molar-refractivity contribution is 5.41. The van der Waals surface area contributed by atoms with Gasteiger partial charge >= 0.3 is 0 Å². The van der Waals surface area contributed by atoms with Crippen LogP contribution in [0.15, 0.2) is 18.2 Å². The van der Waals surface area contributed by atoms with Gasteiger partial charge in [0.1, 0.15) is 11.4 Å². The smallest absolute Gasteiger partial charge is 0.123 e. The highest BCUT2D eigenvalue weighted by Gasteiger charge is 2.30. The average Bonchev–Trinajstić information content (AvgIpc) is 2.72. The Labute approximate surface area is 121 Å². The Morgan fingerprint density at radius 1 is 1.40 bits per heavy atom. The number of nitrogens with zero attached hydrogens (tertiary/aromatic N) is 1. The van der Waals surface area contributed by atoms with Crippen molar-refractivity contribution < 1.29 is 9.84 Å². The first-order valence-electron chi connectivity index (χ1n) is 7.70. The molecule has 3 nitrogen and oxygen atoms in total. The molecule has 0 radical (unpaired) electrons. The minimum Gasteiger partial charge on any atom is -0.487 e. The number of rotatable bonds is 3. The van der Waals surface area contributed by atoms with E-state index in [1.54, 1.807) is 0 Å². The van der Waals surface area contributed by atoms with Crippen molar-refractivity contribution in [1.29, 1.82) is 0 Å². The third-order valence-corrected chi connectivity index (χ3v) is 4.39. The van der Waals surface area contributed by atoms with Crippen LogP contribution in [0.5, 0.6) is 5.75 Å². The van der Waals surface area contributed by atoms with E-state index in [9.17, 15) is 5.11 Å². The highest BCUT2D eigenvalue weighted by atomic mass is 16.5. The van der Waals surface area contributed by atoms with Gasteiger partial charge in [0.05, 0.1) is 0 Å². The number of likely N-dealkylation sites (tertiary alicyclic amines) is 1. The lowest BCUT2D eigenvalue weighted by Gasteiger charge is -2.31. The maximum Gasteiger partial charge on any atom is 0.123 e. The molecular formula is C17H25NO2. The Morgan fingerprint density at radius 3 is 3.05 bits per heavy atom. The molecule has 1 fully saturated rings. The van der Waals surface area contributed by atoms with E-state index in [0.29, 0.717) is 12.5 Å². The fourth-order valence-corrected chi connectivity index (χ4v) is 3.46. The molecule has 0 aromatic heterocycles. The molecule has 0 amide bonds. The van der Waals surface area contributed by atoms with Crippen molar-refractivity contribution in [1.82, 2.24) is 4.90 Å². The van der Waals surface area contributed by atoms with Crippen molar-refractivity contribution in [2.24, 2.45) is 5.92 Å². The molecule has 0 saturated carbocycles. The molecule has 1 N–H and O–H groups in total. The van der Waals surface area contributed by atoms with E-state index in [0.717, 1.165) is 31.8 Å². The summed E-state index contributed by atoms with van der Waals surface area (Å²) < 4.78 is 5.93. The fraction of sp³-hybridized carbons (Fsp3) is 0.647. The van der Waals surface area contributed by atoms with Crippen LogP contribution in [-0.2, 0) is 13.0 Å². The molecule has 3 heteroatoms. The van der Waals surface area contributed by atoms with Gasteiger partial charge in [-0.3, -0.25) is 4.90 Å². The fourth-order valence-electron chi connectivity index (χ4n) is 3.46. The van der Waals surface area contributed by atoms with Gasteiger partial charge < -0.3 is 9.84 Å². The van der Waals surface area contributed by atoms with Crippen LogP contribution in [0.2, 0.25) is 0 Å². The molecule has 3 rings (SSSR count). The molecular weight excluding hydrogens is 250 g/mol. The van der Waals surface area contributed by atoms with E-state index < -0.39 is 0 Å². The second-order valence-corrected chi connectivity index (χ2v) is 6.91. The molecule has 1 atom stereocenters. The zero-order chi connectivity index (χ0) is 14.2. The van der Waals surface area contributed by atoms with Crippen LogP contribution in [0.1, 0.15) is 37.8 Å². The summed E-state index contributed by atoms with van der Waals surface area (Å²) in [7, 11) is 0. The summed E-state index contributed by atoms with van der Waals surface area (Å²) in [5.74, 6) is 1.51. The van der Waals surface area contributed by atoms with Crippen molar-refractivity contribution in [3.05, 3.63) is 29.3 Å². The van der Waals surface area contributed by atoms with Crippen LogP contribution in [0.25, 0.3) is 0 Å². The largest absolute Gasteiger partial charge is 0.487 e. The standard InChI is InChI=1S/C17H25NO2/c1-17(2)9-15-8-13(5-6-16(15)20-17)10-18-7-3-4-14(11-18)12-19/h5-6,8,14,19H,3-4,7,9-12H2,1-2H3. The van der Waals surface area contributed by atoms with Gasteiger partial charge in [-0.2, -0.15) is 0 Å². The van der Waals surface area contributed by atoms with Crippen molar-refractivity contribution >= 4 is 0 Å². The van der Waals surface area contributed by atoms with Gasteiger partial charge in [0.2, 0.25) is 0 Å². The Kier molecular flexibility index (Phi) is 3.74. The van der Waals surface area contributed by atoms with E-state index in [-0.39, 0.29) is 5.60 Å². The molecule has 2 aliphatic heterocycles. The molecule has 2 aliphatic rings. The Hall–Kier alpha value is -1.06. The molecule has 1 aromatic rings. The summed E-state index contributed by atoms with van der Waals surface area (Å²) in [5.41, 5.74) is 2.64. The van der Waals surface area contributed by atoms with Gasteiger partial charge in [0.15, 0.2) is 0 Å². The quantitative estimate of drug-likeness (QED) is 0.920. The maximum absolute atomic E-state index is 9.32. The maximum atomic E-state index is 9.32. The summed E-state index contributed by atoms with van der Waals surface area (Å²) in [6.07, 6.45) is 3.36. The predicted octanol–water partition coefficient (Wildman–Crippen LogP) is 2.60. The minimum atomic E-state index is -0.0614. The molecule has 2 heterocycles. The molecule has 110 valence electrons. The van der Waals surface area contributed by atoms with Crippen molar-refractivity contribution in [2.45, 2.75) is 45.3 Å². The van der Waals surface area contributed by atoms with E-state index in [1.807, 2.05) is 0 Å². The third kappa shape index (κ3) is 2.99. The molecule has 20 heavy (non-hydrogen) atoms. The SMILES string of the molecule is CC1(C)Cc2cc(CN3CCCC(CO)C3)ccc2O1. The molecule has 0 aliphatic carbocycles. The van der Waals surface area contributed by atoms with E-state index in [4.69, 9.17) is 4.74 Å². The second kappa shape index (κ2) is 5.38. The monoisotopic (exact) mass is 275 g/mol. The average molecular weight is 275 g/mol. The molecule has 1 saturated heterocycles. The van der Waals surface area contributed by atoms with E-state index in [1.165, 1.54) is 24.0 Å². The summed E-state index contributed by atoms with van der Waals surface area (Å²) in [6, 6.07) is 6.60. The lowest BCUT2D eigenvalue weighted by atomic mass is 9.97. The van der Waals surface area contributed by atoms with Gasteiger partial charge in [0, 0.05) is 26.1 Å². The van der Waals surface area contributed by atoms with Crippen LogP contribution in [0.3, 0.4) is 0 Å². The number of aliphatic hydroxyl groups excluding tert-OH is 1. The van der Waals surface area contributed by atoms with E-state index >= 15 is 0 Å². The Morgan fingerprint density at radius 2 is 2.25 bits per heavy atom. The first-order chi connectivity index (χ1) is 9.55. The first-order valence-corrected chi connectivity index (χ1v) is 7.70. The normalized spacial score (nSPS) is 25.2. The predicted molar refractivity (Wildman–Crippen MR) is 79.9 cm³/mol. The van der Waals surface area contributed by atoms with Crippen LogP contribution in [0, 0.1) is 5.92 Å². The number of benzene rings is 1. The second-order valence-electron chi connectivity index (χ2n) is 6.91. The Balaban J connectivity index is 1.67. The van der Waals surface area contributed by atoms with Crippen molar-refractivity contribution in [3.8, 4) is 5.75 Å².